The molecule has 0 atom stereocenters. The molecule has 0 fully saturated rings. The standard InChI is InChI=1S/C8H11N3O2/c1-13-8(12)7-6-5(10-11-7)3-2-4-9-6/h9H,2-4H2,1H3,(H,10,11). The van der Waals surface area contributed by atoms with E-state index in [0.717, 1.165) is 30.8 Å². The summed E-state index contributed by atoms with van der Waals surface area (Å²) in [5, 5.41) is 9.87. The Hall–Kier alpha value is -1.52. The number of rotatable bonds is 1. The summed E-state index contributed by atoms with van der Waals surface area (Å²) in [7, 11) is 1.35. The van der Waals surface area contributed by atoms with Gasteiger partial charge in [0, 0.05) is 6.54 Å². The number of aromatic amines is 1. The van der Waals surface area contributed by atoms with E-state index >= 15 is 0 Å². The molecule has 5 heteroatoms. The molecule has 2 heterocycles. The number of carbonyl (C=O) groups excluding carboxylic acids is 1. The first-order valence-electron chi connectivity index (χ1n) is 4.22. The number of anilines is 1. The number of carbonyl (C=O) groups is 1. The van der Waals surface area contributed by atoms with E-state index in [1.807, 2.05) is 0 Å². The Kier molecular flexibility index (Phi) is 1.92. The fraction of sp³-hybridized carbons (Fsp3) is 0.500. The number of hydrogen-bond donors (Lipinski definition) is 2. The van der Waals surface area contributed by atoms with Gasteiger partial charge in [-0.15, -0.1) is 0 Å². The first-order chi connectivity index (χ1) is 6.33. The minimum atomic E-state index is -0.396. The van der Waals surface area contributed by atoms with Crippen LogP contribution in [0.2, 0.25) is 0 Å². The lowest BCUT2D eigenvalue weighted by atomic mass is 10.1. The van der Waals surface area contributed by atoms with E-state index < -0.39 is 5.97 Å². The first-order valence-corrected chi connectivity index (χ1v) is 4.22. The number of H-pyrrole nitrogens is 1. The van der Waals surface area contributed by atoms with Gasteiger partial charge < -0.3 is 10.1 Å². The zero-order valence-corrected chi connectivity index (χ0v) is 7.39. The molecule has 0 saturated heterocycles. The van der Waals surface area contributed by atoms with Gasteiger partial charge in [-0.1, -0.05) is 0 Å². The van der Waals surface area contributed by atoms with Crippen LogP contribution in [-0.2, 0) is 11.2 Å². The largest absolute Gasteiger partial charge is 0.464 e. The second-order valence-electron chi connectivity index (χ2n) is 2.95. The molecular formula is C8H11N3O2. The van der Waals surface area contributed by atoms with Crippen LogP contribution in [0.3, 0.4) is 0 Å². The molecule has 0 spiro atoms. The lowest BCUT2D eigenvalue weighted by Gasteiger charge is -2.12. The minimum absolute atomic E-state index is 0.359. The number of hydrogen-bond acceptors (Lipinski definition) is 4. The predicted molar refractivity (Wildman–Crippen MR) is 46.7 cm³/mol. The van der Waals surface area contributed by atoms with Gasteiger partial charge in [0.15, 0.2) is 5.69 Å². The molecule has 0 amide bonds. The van der Waals surface area contributed by atoms with Crippen molar-refractivity contribution in [3.8, 4) is 0 Å². The summed E-state index contributed by atoms with van der Waals surface area (Å²) in [5.74, 6) is -0.396. The van der Waals surface area contributed by atoms with Gasteiger partial charge in [0.2, 0.25) is 0 Å². The molecule has 13 heavy (non-hydrogen) atoms. The molecule has 0 aromatic carbocycles. The van der Waals surface area contributed by atoms with Crippen LogP contribution in [0.25, 0.3) is 0 Å². The van der Waals surface area contributed by atoms with Gasteiger partial charge in [-0.25, -0.2) is 4.79 Å². The summed E-state index contributed by atoms with van der Waals surface area (Å²) in [6.45, 7) is 0.885. The van der Waals surface area contributed by atoms with E-state index in [9.17, 15) is 4.79 Å². The van der Waals surface area contributed by atoms with Gasteiger partial charge in [-0.3, -0.25) is 5.10 Å². The van der Waals surface area contributed by atoms with Crippen molar-refractivity contribution < 1.29 is 9.53 Å². The minimum Gasteiger partial charge on any atom is -0.464 e. The number of nitrogens with one attached hydrogen (secondary N) is 2. The first kappa shape index (κ1) is 8.10. The van der Waals surface area contributed by atoms with Crippen molar-refractivity contribution in [2.24, 2.45) is 0 Å². The molecule has 0 radical (unpaired) electrons. The number of esters is 1. The summed E-state index contributed by atoms with van der Waals surface area (Å²) in [6, 6.07) is 0. The van der Waals surface area contributed by atoms with Crippen LogP contribution in [0, 0.1) is 0 Å². The molecule has 0 aliphatic carbocycles. The third-order valence-electron chi connectivity index (χ3n) is 2.13. The van der Waals surface area contributed by atoms with Crippen LogP contribution >= 0.6 is 0 Å². The molecule has 0 bridgehead atoms. The number of aromatic nitrogens is 2. The highest BCUT2D eigenvalue weighted by atomic mass is 16.5. The molecule has 0 saturated carbocycles. The third-order valence-corrected chi connectivity index (χ3v) is 2.13. The van der Waals surface area contributed by atoms with Gasteiger partial charge >= 0.3 is 5.97 Å². The Morgan fingerprint density at radius 1 is 1.62 bits per heavy atom. The highest BCUT2D eigenvalue weighted by Crippen LogP contribution is 2.23. The lowest BCUT2D eigenvalue weighted by Crippen LogP contribution is -2.13. The summed E-state index contributed by atoms with van der Waals surface area (Å²) in [6.07, 6.45) is 2.00. The van der Waals surface area contributed by atoms with Crippen molar-refractivity contribution in [1.82, 2.24) is 10.2 Å². The second kappa shape index (κ2) is 3.08. The van der Waals surface area contributed by atoms with E-state index in [0.29, 0.717) is 5.69 Å². The molecule has 1 aliphatic rings. The van der Waals surface area contributed by atoms with E-state index in [-0.39, 0.29) is 0 Å². The van der Waals surface area contributed by atoms with E-state index in [1.165, 1.54) is 7.11 Å². The smallest absolute Gasteiger partial charge is 0.360 e. The van der Waals surface area contributed by atoms with Crippen LogP contribution in [0.4, 0.5) is 5.69 Å². The molecule has 1 aromatic rings. The Morgan fingerprint density at radius 2 is 2.46 bits per heavy atom. The normalized spacial score (nSPS) is 14.5. The zero-order valence-electron chi connectivity index (χ0n) is 7.39. The monoisotopic (exact) mass is 181 g/mol. The van der Waals surface area contributed by atoms with Gasteiger partial charge in [0.05, 0.1) is 18.5 Å². The van der Waals surface area contributed by atoms with E-state index in [1.54, 1.807) is 0 Å². The summed E-state index contributed by atoms with van der Waals surface area (Å²) < 4.78 is 4.60. The maximum absolute atomic E-state index is 11.2. The third kappa shape index (κ3) is 1.26. The Labute approximate surface area is 75.5 Å². The van der Waals surface area contributed by atoms with Gasteiger partial charge in [0.25, 0.3) is 0 Å². The fourth-order valence-electron chi connectivity index (χ4n) is 1.47. The molecule has 1 aliphatic heterocycles. The average molecular weight is 181 g/mol. The number of aryl methyl sites for hydroxylation is 1. The summed E-state index contributed by atoms with van der Waals surface area (Å²) >= 11 is 0. The predicted octanol–water partition coefficient (Wildman–Crippen LogP) is 0.554. The van der Waals surface area contributed by atoms with E-state index in [2.05, 4.69) is 20.3 Å². The number of methoxy groups -OCH3 is 1. The summed E-state index contributed by atoms with van der Waals surface area (Å²) in [5.41, 5.74) is 2.15. The Balaban J connectivity index is 2.36. The maximum atomic E-state index is 11.2. The van der Waals surface area contributed by atoms with Crippen molar-refractivity contribution in [3.05, 3.63) is 11.4 Å². The van der Waals surface area contributed by atoms with Gasteiger partial charge in [0.1, 0.15) is 0 Å². The van der Waals surface area contributed by atoms with Crippen molar-refractivity contribution in [1.29, 1.82) is 0 Å². The van der Waals surface area contributed by atoms with Gasteiger partial charge in [-0.2, -0.15) is 5.10 Å². The second-order valence-corrected chi connectivity index (χ2v) is 2.95. The molecule has 1 aromatic heterocycles. The fourth-order valence-corrected chi connectivity index (χ4v) is 1.47. The van der Waals surface area contributed by atoms with Crippen molar-refractivity contribution >= 4 is 11.7 Å². The molecule has 0 unspecified atom stereocenters. The highest BCUT2D eigenvalue weighted by Gasteiger charge is 2.21. The molecule has 2 N–H and O–H groups in total. The average Bonchev–Trinajstić information content (AvgIpc) is 2.60. The SMILES string of the molecule is COC(=O)c1n[nH]c2c1NCCC2. The Morgan fingerprint density at radius 3 is 3.23 bits per heavy atom. The van der Waals surface area contributed by atoms with Crippen molar-refractivity contribution in [2.45, 2.75) is 12.8 Å². The molecule has 70 valence electrons. The lowest BCUT2D eigenvalue weighted by molar-refractivity contribution is 0.0595. The zero-order chi connectivity index (χ0) is 9.26. The topological polar surface area (TPSA) is 67.0 Å². The van der Waals surface area contributed by atoms with Crippen molar-refractivity contribution in [3.63, 3.8) is 0 Å². The Bertz CT molecular complexity index is 332. The van der Waals surface area contributed by atoms with Crippen molar-refractivity contribution in [2.75, 3.05) is 19.0 Å². The number of nitrogens with zero attached hydrogens (tertiary/aromatic N) is 1. The van der Waals surface area contributed by atoms with Crippen LogP contribution in [0.1, 0.15) is 22.6 Å². The van der Waals surface area contributed by atoms with Crippen LogP contribution in [0.5, 0.6) is 0 Å². The van der Waals surface area contributed by atoms with Crippen LogP contribution in [-0.4, -0.2) is 29.8 Å². The highest BCUT2D eigenvalue weighted by molar-refractivity contribution is 5.94. The number of ether oxygens (including phenoxy) is 1. The van der Waals surface area contributed by atoms with Crippen LogP contribution in [0.15, 0.2) is 0 Å². The van der Waals surface area contributed by atoms with Crippen LogP contribution < -0.4 is 5.32 Å². The quantitative estimate of drug-likeness (QED) is 0.621. The van der Waals surface area contributed by atoms with Gasteiger partial charge in [-0.05, 0) is 12.8 Å². The molecule has 2 rings (SSSR count). The number of fused-ring (bicyclic) bond motifs is 1. The summed E-state index contributed by atoms with van der Waals surface area (Å²) in [4.78, 5) is 11.2. The molecular weight excluding hydrogens is 170 g/mol. The van der Waals surface area contributed by atoms with E-state index in [4.69, 9.17) is 0 Å². The maximum Gasteiger partial charge on any atom is 0.360 e. The molecule has 5 nitrogen and oxygen atoms in total.